The van der Waals surface area contributed by atoms with E-state index in [1.165, 1.54) is 6.92 Å². The maximum Gasteiger partial charge on any atom is 0.407 e. The zero-order valence-electron chi connectivity index (χ0n) is 8.76. The summed E-state index contributed by atoms with van der Waals surface area (Å²) in [4.78, 5) is 21.2. The number of unbranched alkanes of at least 4 members (excludes halogenated alkanes) is 1. The number of hydrogen-bond donors (Lipinski definition) is 2. The molecule has 5 nitrogen and oxygen atoms in total. The van der Waals surface area contributed by atoms with Crippen LogP contribution in [0.2, 0.25) is 0 Å². The Bertz CT molecular complexity index is 183. The monoisotopic (exact) mass is 202 g/mol. The van der Waals surface area contributed by atoms with E-state index in [0.717, 1.165) is 12.8 Å². The molecule has 0 saturated heterocycles. The van der Waals surface area contributed by atoms with Gasteiger partial charge >= 0.3 is 6.09 Å². The molecule has 0 spiro atoms. The van der Waals surface area contributed by atoms with E-state index in [-0.39, 0.29) is 12.0 Å². The fourth-order valence-electron chi connectivity index (χ4n) is 0.887. The minimum Gasteiger partial charge on any atom is -0.450 e. The fourth-order valence-corrected chi connectivity index (χ4v) is 0.887. The summed E-state index contributed by atoms with van der Waals surface area (Å²) in [6.07, 6.45) is 1.30. The first-order valence-corrected chi connectivity index (χ1v) is 4.82. The van der Waals surface area contributed by atoms with Crippen LogP contribution >= 0.6 is 0 Å². The lowest BCUT2D eigenvalue weighted by Crippen LogP contribution is -2.26. The van der Waals surface area contributed by atoms with Gasteiger partial charge in [0.25, 0.3) is 0 Å². The molecule has 0 aromatic carbocycles. The zero-order chi connectivity index (χ0) is 10.8. The summed E-state index contributed by atoms with van der Waals surface area (Å²) in [6.45, 7) is 4.86. The smallest absolute Gasteiger partial charge is 0.407 e. The van der Waals surface area contributed by atoms with Gasteiger partial charge in [-0.15, -0.1) is 0 Å². The first-order valence-electron chi connectivity index (χ1n) is 4.82. The quantitative estimate of drug-likeness (QED) is 0.621. The van der Waals surface area contributed by atoms with Gasteiger partial charge in [-0.25, -0.2) is 4.79 Å². The predicted molar refractivity (Wildman–Crippen MR) is 52.9 cm³/mol. The number of hydrogen-bond acceptors (Lipinski definition) is 3. The summed E-state index contributed by atoms with van der Waals surface area (Å²) in [6, 6.07) is 0. The van der Waals surface area contributed by atoms with E-state index in [0.29, 0.717) is 19.7 Å². The van der Waals surface area contributed by atoms with Crippen LogP contribution in [0.25, 0.3) is 0 Å². The molecule has 0 radical (unpaired) electrons. The lowest BCUT2D eigenvalue weighted by Gasteiger charge is -2.05. The standard InChI is InChI=1S/C9H18N2O3/c1-3-14-9(13)11-7-5-4-6-10-8(2)12/h3-7H2,1-2H3,(H,10,12)(H,11,13). The fraction of sp³-hybridized carbons (Fsp3) is 0.778. The van der Waals surface area contributed by atoms with Gasteiger partial charge in [0.05, 0.1) is 6.61 Å². The van der Waals surface area contributed by atoms with Gasteiger partial charge in [0.15, 0.2) is 0 Å². The van der Waals surface area contributed by atoms with Crippen LogP contribution in [0.15, 0.2) is 0 Å². The van der Waals surface area contributed by atoms with Gasteiger partial charge in [-0.2, -0.15) is 0 Å². The van der Waals surface area contributed by atoms with Crippen LogP contribution in [0, 0.1) is 0 Å². The largest absolute Gasteiger partial charge is 0.450 e. The molecule has 2 amide bonds. The molecule has 0 heterocycles. The maximum atomic E-state index is 10.8. The van der Waals surface area contributed by atoms with Crippen LogP contribution < -0.4 is 10.6 Å². The third kappa shape index (κ3) is 8.83. The third-order valence-electron chi connectivity index (χ3n) is 1.52. The summed E-state index contributed by atoms with van der Waals surface area (Å²) < 4.78 is 4.67. The Morgan fingerprint density at radius 3 is 2.21 bits per heavy atom. The summed E-state index contributed by atoms with van der Waals surface area (Å²) in [7, 11) is 0. The van der Waals surface area contributed by atoms with Crippen LogP contribution in [0.3, 0.4) is 0 Å². The Balaban J connectivity index is 3.13. The lowest BCUT2D eigenvalue weighted by atomic mass is 10.3. The van der Waals surface area contributed by atoms with Crippen molar-refractivity contribution < 1.29 is 14.3 Å². The molecule has 2 N–H and O–H groups in total. The molecule has 0 bridgehead atoms. The highest BCUT2D eigenvalue weighted by Gasteiger charge is 1.97. The van der Waals surface area contributed by atoms with Gasteiger partial charge in [-0.3, -0.25) is 4.79 Å². The highest BCUT2D eigenvalue weighted by Crippen LogP contribution is 1.85. The van der Waals surface area contributed by atoms with Crippen molar-refractivity contribution >= 4 is 12.0 Å². The predicted octanol–water partition coefficient (Wildman–Crippen LogP) is 0.649. The van der Waals surface area contributed by atoms with E-state index in [4.69, 9.17) is 0 Å². The van der Waals surface area contributed by atoms with E-state index < -0.39 is 0 Å². The molecule has 0 saturated carbocycles. The average Bonchev–Trinajstić information content (AvgIpc) is 2.11. The molecule has 0 aliphatic rings. The van der Waals surface area contributed by atoms with Crippen molar-refractivity contribution in [2.75, 3.05) is 19.7 Å². The van der Waals surface area contributed by atoms with Crippen molar-refractivity contribution in [3.05, 3.63) is 0 Å². The van der Waals surface area contributed by atoms with E-state index >= 15 is 0 Å². The lowest BCUT2D eigenvalue weighted by molar-refractivity contribution is -0.118. The highest BCUT2D eigenvalue weighted by molar-refractivity contribution is 5.72. The van der Waals surface area contributed by atoms with E-state index in [9.17, 15) is 9.59 Å². The Kier molecular flexibility index (Phi) is 7.59. The Hall–Kier alpha value is -1.26. The normalized spacial score (nSPS) is 9.29. The second-order valence-corrected chi connectivity index (χ2v) is 2.84. The molecule has 0 unspecified atom stereocenters. The Morgan fingerprint density at radius 1 is 1.14 bits per heavy atom. The molecule has 0 aliphatic carbocycles. The van der Waals surface area contributed by atoms with Crippen molar-refractivity contribution in [1.29, 1.82) is 0 Å². The number of amides is 2. The van der Waals surface area contributed by atoms with Gasteiger partial charge in [0.2, 0.25) is 5.91 Å². The van der Waals surface area contributed by atoms with Crippen molar-refractivity contribution in [1.82, 2.24) is 10.6 Å². The number of rotatable bonds is 6. The molecule has 0 fully saturated rings. The summed E-state index contributed by atoms with van der Waals surface area (Å²) >= 11 is 0. The average molecular weight is 202 g/mol. The minimum atomic E-state index is -0.382. The second kappa shape index (κ2) is 8.34. The van der Waals surface area contributed by atoms with Gasteiger partial charge in [-0.1, -0.05) is 0 Å². The number of alkyl carbamates (subject to hydrolysis) is 1. The number of carbonyl (C=O) groups is 2. The first kappa shape index (κ1) is 12.7. The van der Waals surface area contributed by atoms with Gasteiger partial charge in [-0.05, 0) is 19.8 Å². The summed E-state index contributed by atoms with van der Waals surface area (Å²) in [5.74, 6) is -0.0247. The molecule has 0 aromatic rings. The van der Waals surface area contributed by atoms with Crippen LogP contribution in [0.1, 0.15) is 26.7 Å². The van der Waals surface area contributed by atoms with Crippen LogP contribution in [0.4, 0.5) is 4.79 Å². The van der Waals surface area contributed by atoms with Crippen molar-refractivity contribution in [2.45, 2.75) is 26.7 Å². The Labute approximate surface area is 84.2 Å². The van der Waals surface area contributed by atoms with Crippen molar-refractivity contribution in [3.63, 3.8) is 0 Å². The SMILES string of the molecule is CCOC(=O)NCCCCNC(C)=O. The molecule has 14 heavy (non-hydrogen) atoms. The molecular formula is C9H18N2O3. The van der Waals surface area contributed by atoms with Crippen LogP contribution in [0.5, 0.6) is 0 Å². The van der Waals surface area contributed by atoms with Crippen molar-refractivity contribution in [2.24, 2.45) is 0 Å². The molecule has 5 heteroatoms. The van der Waals surface area contributed by atoms with Gasteiger partial charge in [0, 0.05) is 20.0 Å². The van der Waals surface area contributed by atoms with Crippen molar-refractivity contribution in [3.8, 4) is 0 Å². The second-order valence-electron chi connectivity index (χ2n) is 2.84. The maximum absolute atomic E-state index is 10.8. The first-order chi connectivity index (χ1) is 6.66. The van der Waals surface area contributed by atoms with Gasteiger partial charge < -0.3 is 15.4 Å². The topological polar surface area (TPSA) is 67.4 Å². The van der Waals surface area contributed by atoms with Crippen LogP contribution in [-0.4, -0.2) is 31.7 Å². The van der Waals surface area contributed by atoms with Crippen LogP contribution in [-0.2, 0) is 9.53 Å². The number of nitrogens with one attached hydrogen (secondary N) is 2. The molecule has 0 aliphatic heterocycles. The molecule has 82 valence electrons. The minimum absolute atomic E-state index is 0.0247. The van der Waals surface area contributed by atoms with E-state index in [1.807, 2.05) is 0 Å². The third-order valence-corrected chi connectivity index (χ3v) is 1.52. The molecule has 0 rings (SSSR count). The molecular weight excluding hydrogens is 184 g/mol. The Morgan fingerprint density at radius 2 is 1.71 bits per heavy atom. The highest BCUT2D eigenvalue weighted by atomic mass is 16.5. The number of carbonyl (C=O) groups excluding carboxylic acids is 2. The summed E-state index contributed by atoms with van der Waals surface area (Å²) in [5.41, 5.74) is 0. The number of ether oxygens (including phenoxy) is 1. The summed E-state index contributed by atoms with van der Waals surface area (Å²) in [5, 5.41) is 5.27. The zero-order valence-corrected chi connectivity index (χ0v) is 8.76. The van der Waals surface area contributed by atoms with E-state index in [2.05, 4.69) is 15.4 Å². The molecule has 0 aromatic heterocycles. The van der Waals surface area contributed by atoms with Gasteiger partial charge in [0.1, 0.15) is 0 Å². The molecule has 0 atom stereocenters. The van der Waals surface area contributed by atoms with E-state index in [1.54, 1.807) is 6.92 Å².